The zero-order valence-corrected chi connectivity index (χ0v) is 19.2. The van der Waals surface area contributed by atoms with Crippen molar-refractivity contribution < 1.29 is 14.3 Å². The third-order valence-electron chi connectivity index (χ3n) is 3.82. The van der Waals surface area contributed by atoms with E-state index in [0.717, 1.165) is 35.6 Å². The minimum atomic E-state index is -0.266. The lowest BCUT2D eigenvalue weighted by Gasteiger charge is -2.13. The Morgan fingerprint density at radius 3 is 2.65 bits per heavy atom. The average Bonchev–Trinajstić information content (AvgIpc) is 2.82. The van der Waals surface area contributed by atoms with Crippen LogP contribution in [0.15, 0.2) is 41.3 Å². The Balaban J connectivity index is 1.90. The number of thioether (sulfide) groups is 1. The van der Waals surface area contributed by atoms with Crippen LogP contribution >= 0.6 is 56.9 Å². The molecule has 2 amide bonds. The van der Waals surface area contributed by atoms with Crippen molar-refractivity contribution in [3.05, 3.63) is 65.1 Å². The third kappa shape index (κ3) is 4.25. The monoisotopic (exact) mass is 591 g/mol. The molecule has 1 heterocycles. The number of halogens is 2. The molecule has 1 aliphatic heterocycles. The molecule has 1 saturated heterocycles. The maximum atomic E-state index is 12.8. The van der Waals surface area contributed by atoms with Gasteiger partial charge in [-0.2, -0.15) is 0 Å². The Labute approximate surface area is 183 Å². The van der Waals surface area contributed by atoms with E-state index in [4.69, 9.17) is 4.74 Å². The Kier molecular flexibility index (Phi) is 6.29. The van der Waals surface area contributed by atoms with Gasteiger partial charge in [0.2, 0.25) is 0 Å². The molecule has 0 N–H and O–H groups in total. The van der Waals surface area contributed by atoms with E-state index in [0.29, 0.717) is 10.7 Å². The predicted octanol–water partition coefficient (Wildman–Crippen LogP) is 5.45. The fourth-order valence-electron chi connectivity index (χ4n) is 2.67. The van der Waals surface area contributed by atoms with E-state index in [1.165, 1.54) is 4.90 Å². The molecule has 1 aliphatic rings. The Morgan fingerprint density at radius 1 is 1.19 bits per heavy atom. The number of carbonyl (C=O) groups is 2. The van der Waals surface area contributed by atoms with Gasteiger partial charge in [-0.15, -0.1) is 0 Å². The van der Waals surface area contributed by atoms with Gasteiger partial charge >= 0.3 is 0 Å². The van der Waals surface area contributed by atoms with Gasteiger partial charge in [0.25, 0.3) is 11.1 Å². The number of rotatable bonds is 4. The van der Waals surface area contributed by atoms with Gasteiger partial charge in [0.15, 0.2) is 0 Å². The molecule has 4 nitrogen and oxygen atoms in total. The minimum absolute atomic E-state index is 0.248. The van der Waals surface area contributed by atoms with Crippen LogP contribution in [0.5, 0.6) is 5.75 Å². The molecule has 2 aromatic rings. The highest BCUT2D eigenvalue weighted by atomic mass is 127. The maximum Gasteiger partial charge on any atom is 0.293 e. The molecule has 3 rings (SSSR count). The number of imide groups is 1. The molecular weight excluding hydrogens is 576 g/mol. The van der Waals surface area contributed by atoms with Crippen molar-refractivity contribution in [3.8, 4) is 5.75 Å². The lowest BCUT2D eigenvalue weighted by Crippen LogP contribution is -2.27. The first-order valence-corrected chi connectivity index (χ1v) is 10.7. The fraction of sp³-hybridized carbons (Fsp3) is 0.158. The fourth-order valence-corrected chi connectivity index (χ4v) is 5.61. The summed E-state index contributed by atoms with van der Waals surface area (Å²) < 4.78 is 7.46. The Hall–Kier alpha value is -1.07. The molecule has 7 heteroatoms. The van der Waals surface area contributed by atoms with E-state index >= 15 is 0 Å². The van der Waals surface area contributed by atoms with E-state index in [2.05, 4.69) is 45.2 Å². The normalized spacial score (nSPS) is 15.8. The second-order valence-electron chi connectivity index (χ2n) is 5.77. The van der Waals surface area contributed by atoms with Crippen LogP contribution in [0.25, 0.3) is 6.08 Å². The van der Waals surface area contributed by atoms with Gasteiger partial charge in [-0.3, -0.25) is 14.5 Å². The lowest BCUT2D eigenvalue weighted by atomic mass is 10.1. The molecular formula is C19H15I2NO3S. The third-order valence-corrected chi connectivity index (χ3v) is 6.16. The molecule has 0 radical (unpaired) electrons. The number of carbonyl (C=O) groups excluding carboxylic acids is 2. The largest absolute Gasteiger partial charge is 0.495 e. The number of methoxy groups -OCH3 is 1. The summed E-state index contributed by atoms with van der Waals surface area (Å²) in [4.78, 5) is 26.8. The summed E-state index contributed by atoms with van der Waals surface area (Å²) >= 11 is 5.39. The van der Waals surface area contributed by atoms with Crippen LogP contribution in [-0.4, -0.2) is 23.2 Å². The summed E-state index contributed by atoms with van der Waals surface area (Å²) in [7, 11) is 1.60. The highest BCUT2D eigenvalue weighted by Crippen LogP contribution is 2.36. The van der Waals surface area contributed by atoms with Crippen LogP contribution in [0.4, 0.5) is 4.79 Å². The molecule has 0 saturated carbocycles. The first-order chi connectivity index (χ1) is 12.4. The van der Waals surface area contributed by atoms with Crippen molar-refractivity contribution >= 4 is 74.2 Å². The number of nitrogens with zero attached hydrogens (tertiary/aromatic N) is 1. The van der Waals surface area contributed by atoms with Crippen molar-refractivity contribution in [2.45, 2.75) is 13.5 Å². The first kappa shape index (κ1) is 19.7. The molecule has 134 valence electrons. The lowest BCUT2D eigenvalue weighted by molar-refractivity contribution is -0.123. The standard InChI is InChI=1S/C19H15I2NO3S/c1-11-4-3-5-12(6-11)10-22-18(23)16(26-19(22)24)8-13-7-14(20)9-15(21)17(13)25-2/h3-9H,10H2,1-2H3/b16-8-. The van der Waals surface area contributed by atoms with Crippen molar-refractivity contribution in [3.63, 3.8) is 0 Å². The summed E-state index contributed by atoms with van der Waals surface area (Å²) in [5, 5.41) is -0.248. The zero-order chi connectivity index (χ0) is 18.8. The maximum absolute atomic E-state index is 12.8. The van der Waals surface area contributed by atoms with Crippen LogP contribution in [-0.2, 0) is 11.3 Å². The second kappa shape index (κ2) is 8.30. The highest BCUT2D eigenvalue weighted by molar-refractivity contribution is 14.1. The minimum Gasteiger partial charge on any atom is -0.495 e. The SMILES string of the molecule is COc1c(I)cc(I)cc1/C=C1\SC(=O)N(Cc2cccc(C)c2)C1=O. The van der Waals surface area contributed by atoms with Gasteiger partial charge < -0.3 is 4.74 Å². The zero-order valence-electron chi connectivity index (χ0n) is 14.1. The van der Waals surface area contributed by atoms with Crippen LogP contribution in [0, 0.1) is 14.1 Å². The molecule has 0 bridgehead atoms. The number of hydrogen-bond acceptors (Lipinski definition) is 4. The van der Waals surface area contributed by atoms with Gasteiger partial charge in [0, 0.05) is 9.13 Å². The van der Waals surface area contributed by atoms with Gasteiger partial charge in [-0.05, 0) is 87.6 Å². The van der Waals surface area contributed by atoms with Crippen LogP contribution in [0.2, 0.25) is 0 Å². The molecule has 1 fully saturated rings. The van der Waals surface area contributed by atoms with E-state index in [-0.39, 0.29) is 17.7 Å². The van der Waals surface area contributed by atoms with Crippen LogP contribution in [0.3, 0.4) is 0 Å². The molecule has 0 atom stereocenters. The Bertz CT molecular complexity index is 927. The van der Waals surface area contributed by atoms with E-state index in [1.807, 2.05) is 43.3 Å². The predicted molar refractivity (Wildman–Crippen MR) is 121 cm³/mol. The molecule has 0 unspecified atom stereocenters. The highest BCUT2D eigenvalue weighted by Gasteiger charge is 2.35. The molecule has 0 spiro atoms. The number of hydrogen-bond donors (Lipinski definition) is 0. The number of benzene rings is 2. The number of ether oxygens (including phenoxy) is 1. The van der Waals surface area contributed by atoms with E-state index in [9.17, 15) is 9.59 Å². The number of amides is 2. The van der Waals surface area contributed by atoms with E-state index in [1.54, 1.807) is 13.2 Å². The van der Waals surface area contributed by atoms with Crippen LogP contribution in [0.1, 0.15) is 16.7 Å². The summed E-state index contributed by atoms with van der Waals surface area (Å²) in [6.07, 6.45) is 1.74. The van der Waals surface area contributed by atoms with Crippen molar-refractivity contribution in [1.82, 2.24) is 4.90 Å². The van der Waals surface area contributed by atoms with Crippen molar-refractivity contribution in [2.24, 2.45) is 0 Å². The second-order valence-corrected chi connectivity index (χ2v) is 9.17. The van der Waals surface area contributed by atoms with Crippen molar-refractivity contribution in [1.29, 1.82) is 0 Å². The summed E-state index contributed by atoms with van der Waals surface area (Å²) in [6, 6.07) is 11.8. The molecule has 0 aliphatic carbocycles. The summed E-state index contributed by atoms with van der Waals surface area (Å²) in [5.74, 6) is 0.439. The smallest absolute Gasteiger partial charge is 0.293 e. The molecule has 26 heavy (non-hydrogen) atoms. The quantitative estimate of drug-likeness (QED) is 0.351. The Morgan fingerprint density at radius 2 is 1.96 bits per heavy atom. The average molecular weight is 591 g/mol. The first-order valence-electron chi connectivity index (χ1n) is 7.73. The summed E-state index contributed by atoms with van der Waals surface area (Å²) in [5.41, 5.74) is 2.84. The van der Waals surface area contributed by atoms with Gasteiger partial charge in [0.05, 0.1) is 22.1 Å². The molecule has 2 aromatic carbocycles. The van der Waals surface area contributed by atoms with Gasteiger partial charge in [0.1, 0.15) is 5.75 Å². The number of aryl methyl sites for hydroxylation is 1. The van der Waals surface area contributed by atoms with Gasteiger partial charge in [-0.1, -0.05) is 29.8 Å². The van der Waals surface area contributed by atoms with Crippen molar-refractivity contribution in [2.75, 3.05) is 7.11 Å². The summed E-state index contributed by atoms with van der Waals surface area (Å²) in [6.45, 7) is 2.27. The van der Waals surface area contributed by atoms with E-state index < -0.39 is 0 Å². The molecule has 0 aromatic heterocycles. The topological polar surface area (TPSA) is 46.6 Å². The van der Waals surface area contributed by atoms with Crippen LogP contribution < -0.4 is 4.74 Å². The van der Waals surface area contributed by atoms with Gasteiger partial charge in [-0.25, -0.2) is 0 Å².